The Kier molecular flexibility index (Phi) is 7.28. The summed E-state index contributed by atoms with van der Waals surface area (Å²) in [6.45, 7) is 7.76. The molecule has 25 heavy (non-hydrogen) atoms. The van der Waals surface area contributed by atoms with Gasteiger partial charge < -0.3 is 15.5 Å². The van der Waals surface area contributed by atoms with E-state index in [4.69, 9.17) is 0 Å². The molecule has 2 aliphatic rings. The van der Waals surface area contributed by atoms with Crippen LogP contribution in [0.15, 0.2) is 17.5 Å². The summed E-state index contributed by atoms with van der Waals surface area (Å²) in [7, 11) is 0. The van der Waals surface area contributed by atoms with Gasteiger partial charge in [-0.25, -0.2) is 0 Å². The average Bonchev–Trinajstić information content (AvgIpc) is 3.20. The maximum Gasteiger partial charge on any atom is 0.262 e. The maximum absolute atomic E-state index is 13.0. The summed E-state index contributed by atoms with van der Waals surface area (Å²) < 4.78 is 0. The fraction of sp³-hybridized carbons (Fsp3) is 0.667. The van der Waals surface area contributed by atoms with Crippen molar-refractivity contribution in [1.29, 1.82) is 0 Å². The van der Waals surface area contributed by atoms with Gasteiger partial charge in [-0.1, -0.05) is 19.9 Å². The van der Waals surface area contributed by atoms with Crippen LogP contribution >= 0.6 is 23.7 Å². The van der Waals surface area contributed by atoms with Crippen LogP contribution < -0.4 is 10.6 Å². The summed E-state index contributed by atoms with van der Waals surface area (Å²) >= 11 is 1.40. The number of carbonyl (C=O) groups excluding carboxylic acids is 2. The number of amides is 2. The molecule has 5 nitrogen and oxygen atoms in total. The van der Waals surface area contributed by atoms with Gasteiger partial charge in [0.05, 0.1) is 4.88 Å². The Morgan fingerprint density at radius 1 is 1.24 bits per heavy atom. The molecule has 2 saturated heterocycles. The first-order valence-corrected chi connectivity index (χ1v) is 9.78. The highest BCUT2D eigenvalue weighted by Crippen LogP contribution is 2.27. The van der Waals surface area contributed by atoms with Crippen LogP contribution in [0.2, 0.25) is 0 Å². The lowest BCUT2D eigenvalue weighted by molar-refractivity contribution is -0.134. The van der Waals surface area contributed by atoms with Crippen LogP contribution in [0, 0.1) is 17.8 Å². The number of likely N-dealkylation sites (tertiary alicyclic amines) is 1. The van der Waals surface area contributed by atoms with E-state index >= 15 is 0 Å². The normalized spacial score (nSPS) is 24.2. The van der Waals surface area contributed by atoms with E-state index in [2.05, 4.69) is 10.6 Å². The van der Waals surface area contributed by atoms with Gasteiger partial charge in [-0.2, -0.15) is 0 Å². The summed E-state index contributed by atoms with van der Waals surface area (Å²) in [5, 5.41) is 8.29. The number of hydrogen-bond acceptors (Lipinski definition) is 4. The molecule has 0 spiro atoms. The summed E-state index contributed by atoms with van der Waals surface area (Å²) in [5.41, 5.74) is 0. The summed E-state index contributed by atoms with van der Waals surface area (Å²) in [4.78, 5) is 28.0. The summed E-state index contributed by atoms with van der Waals surface area (Å²) in [5.74, 6) is 1.39. The zero-order valence-electron chi connectivity index (χ0n) is 14.9. The van der Waals surface area contributed by atoms with Crippen molar-refractivity contribution < 1.29 is 9.59 Å². The third-order valence-corrected chi connectivity index (χ3v) is 6.16. The van der Waals surface area contributed by atoms with Crippen molar-refractivity contribution in [1.82, 2.24) is 15.5 Å². The third-order valence-electron chi connectivity index (χ3n) is 5.30. The number of thiophene rings is 1. The maximum atomic E-state index is 13.0. The Morgan fingerprint density at radius 2 is 1.88 bits per heavy atom. The lowest BCUT2D eigenvalue weighted by Gasteiger charge is -2.29. The number of nitrogens with zero attached hydrogens (tertiary/aromatic N) is 1. The highest BCUT2D eigenvalue weighted by atomic mass is 35.5. The fourth-order valence-corrected chi connectivity index (χ4v) is 4.40. The molecule has 140 valence electrons. The Labute approximate surface area is 160 Å². The fourth-order valence-electron chi connectivity index (χ4n) is 3.77. The van der Waals surface area contributed by atoms with E-state index in [-0.39, 0.29) is 30.1 Å². The van der Waals surface area contributed by atoms with E-state index in [1.165, 1.54) is 11.3 Å². The summed E-state index contributed by atoms with van der Waals surface area (Å²) in [6, 6.07) is 3.20. The quantitative estimate of drug-likeness (QED) is 0.836. The minimum atomic E-state index is -0.448. The van der Waals surface area contributed by atoms with E-state index in [0.717, 1.165) is 39.0 Å². The number of halogens is 1. The SMILES string of the molecule is CC(C)C(NC(=O)c1cccs1)C(=O)N1CC[C@@H]2CNC[C@@H]2CC1.Cl. The molecule has 0 aromatic carbocycles. The number of nitrogens with one attached hydrogen (secondary N) is 2. The highest BCUT2D eigenvalue weighted by Gasteiger charge is 2.34. The number of carbonyl (C=O) groups is 2. The van der Waals surface area contributed by atoms with Crippen LogP contribution in [0.4, 0.5) is 0 Å². The zero-order chi connectivity index (χ0) is 17.1. The first-order valence-electron chi connectivity index (χ1n) is 8.90. The Balaban J connectivity index is 0.00000225. The monoisotopic (exact) mass is 385 g/mol. The molecule has 1 aromatic heterocycles. The van der Waals surface area contributed by atoms with Crippen molar-refractivity contribution in [2.45, 2.75) is 32.7 Å². The molecule has 0 aliphatic carbocycles. The van der Waals surface area contributed by atoms with Crippen LogP contribution in [-0.4, -0.2) is 48.9 Å². The number of rotatable bonds is 4. The van der Waals surface area contributed by atoms with Crippen LogP contribution in [0.25, 0.3) is 0 Å². The van der Waals surface area contributed by atoms with Crippen LogP contribution in [-0.2, 0) is 4.79 Å². The van der Waals surface area contributed by atoms with Crippen molar-refractivity contribution in [2.24, 2.45) is 17.8 Å². The molecule has 3 atom stereocenters. The average molecular weight is 386 g/mol. The first-order chi connectivity index (χ1) is 11.6. The predicted octanol–water partition coefficient (Wildman–Crippen LogP) is 2.38. The van der Waals surface area contributed by atoms with Gasteiger partial charge in [-0.3, -0.25) is 9.59 Å². The molecular weight excluding hydrogens is 358 g/mol. The van der Waals surface area contributed by atoms with Gasteiger partial charge in [-0.05, 0) is 55.1 Å². The lowest BCUT2D eigenvalue weighted by Crippen LogP contribution is -2.51. The van der Waals surface area contributed by atoms with Crippen molar-refractivity contribution in [2.75, 3.05) is 26.2 Å². The van der Waals surface area contributed by atoms with Crippen molar-refractivity contribution in [3.8, 4) is 0 Å². The molecule has 7 heteroatoms. The topological polar surface area (TPSA) is 61.4 Å². The van der Waals surface area contributed by atoms with Gasteiger partial charge in [0, 0.05) is 13.1 Å². The van der Waals surface area contributed by atoms with Crippen molar-refractivity contribution in [3.05, 3.63) is 22.4 Å². The van der Waals surface area contributed by atoms with Gasteiger partial charge >= 0.3 is 0 Å². The first kappa shape index (κ1) is 20.2. The van der Waals surface area contributed by atoms with E-state index in [0.29, 0.717) is 16.7 Å². The highest BCUT2D eigenvalue weighted by molar-refractivity contribution is 7.12. The molecule has 1 unspecified atom stereocenters. The molecule has 2 fully saturated rings. The van der Waals surface area contributed by atoms with Gasteiger partial charge in [0.2, 0.25) is 5.91 Å². The molecule has 0 saturated carbocycles. The minimum absolute atomic E-state index is 0. The second-order valence-corrected chi connectivity index (χ2v) is 8.20. The molecule has 1 aromatic rings. The van der Waals surface area contributed by atoms with Crippen LogP contribution in [0.5, 0.6) is 0 Å². The second-order valence-electron chi connectivity index (χ2n) is 7.25. The van der Waals surface area contributed by atoms with Gasteiger partial charge in [0.1, 0.15) is 6.04 Å². The van der Waals surface area contributed by atoms with Gasteiger partial charge in [0.15, 0.2) is 0 Å². The largest absolute Gasteiger partial charge is 0.341 e. The summed E-state index contributed by atoms with van der Waals surface area (Å²) in [6.07, 6.45) is 2.13. The van der Waals surface area contributed by atoms with Crippen molar-refractivity contribution in [3.63, 3.8) is 0 Å². The van der Waals surface area contributed by atoms with Gasteiger partial charge in [0.25, 0.3) is 5.91 Å². The molecular formula is C18H28ClN3O2S. The molecule has 0 bridgehead atoms. The Hall–Kier alpha value is -1.11. The Bertz CT molecular complexity index is 565. The molecule has 2 amide bonds. The van der Waals surface area contributed by atoms with Crippen LogP contribution in [0.1, 0.15) is 36.4 Å². The van der Waals surface area contributed by atoms with Crippen LogP contribution in [0.3, 0.4) is 0 Å². The molecule has 3 heterocycles. The lowest BCUT2D eigenvalue weighted by atomic mass is 9.92. The van der Waals surface area contributed by atoms with Crippen molar-refractivity contribution >= 4 is 35.6 Å². The predicted molar refractivity (Wildman–Crippen MR) is 103 cm³/mol. The smallest absolute Gasteiger partial charge is 0.262 e. The van der Waals surface area contributed by atoms with Gasteiger partial charge in [-0.15, -0.1) is 23.7 Å². The Morgan fingerprint density at radius 3 is 2.40 bits per heavy atom. The second kappa shape index (κ2) is 9.01. The molecule has 2 N–H and O–H groups in total. The molecule has 3 rings (SSSR count). The number of hydrogen-bond donors (Lipinski definition) is 2. The number of fused-ring (bicyclic) bond motifs is 1. The minimum Gasteiger partial charge on any atom is -0.341 e. The molecule has 2 aliphatic heterocycles. The van der Waals surface area contributed by atoms with E-state index in [1.807, 2.05) is 30.2 Å². The molecule has 0 radical (unpaired) electrons. The van der Waals surface area contributed by atoms with E-state index in [1.54, 1.807) is 6.07 Å². The van der Waals surface area contributed by atoms with E-state index < -0.39 is 6.04 Å². The third kappa shape index (κ3) is 4.74. The standard InChI is InChI=1S/C18H27N3O2S.ClH/c1-12(2)16(20-17(22)15-4-3-9-24-15)18(23)21-7-5-13-10-19-11-14(13)6-8-21;/h3-4,9,12-14,16,19H,5-8,10-11H2,1-2H3,(H,20,22);1H/t13-,14+,16?;. The van der Waals surface area contributed by atoms with E-state index in [9.17, 15) is 9.59 Å². The zero-order valence-corrected chi connectivity index (χ0v) is 16.5.